The van der Waals surface area contributed by atoms with Crippen LogP contribution in [0.3, 0.4) is 0 Å². The quantitative estimate of drug-likeness (QED) is 0.116. The van der Waals surface area contributed by atoms with Crippen LogP contribution < -0.4 is 10.6 Å². The number of alkyl halides is 6. The number of nitrogens with one attached hydrogen (secondary N) is 3. The third-order valence-corrected chi connectivity index (χ3v) is 5.25. The Bertz CT molecular complexity index is 1250. The van der Waals surface area contributed by atoms with E-state index in [0.29, 0.717) is 11.1 Å². The van der Waals surface area contributed by atoms with Crippen molar-refractivity contribution >= 4 is 34.8 Å². The van der Waals surface area contributed by atoms with Gasteiger partial charge in [-0.05, 0) is 35.9 Å². The van der Waals surface area contributed by atoms with Gasteiger partial charge >= 0.3 is 12.4 Å². The molecule has 1 aromatic heterocycles. The summed E-state index contributed by atoms with van der Waals surface area (Å²) in [5.41, 5.74) is -3.11. The maximum atomic E-state index is 13.8. The van der Waals surface area contributed by atoms with Crippen LogP contribution in [-0.4, -0.2) is 22.5 Å². The number of rotatable bonds is 5. The van der Waals surface area contributed by atoms with Crippen molar-refractivity contribution in [2.45, 2.75) is 18.3 Å². The third kappa shape index (κ3) is 6.58. The number of nitrogens with zero attached hydrogens (tertiary/aromatic N) is 3. The highest BCUT2D eigenvalue weighted by atomic mass is 35.5. The molecule has 1 heterocycles. The fourth-order valence-corrected chi connectivity index (χ4v) is 3.60. The molecule has 0 saturated carbocycles. The minimum absolute atomic E-state index is 0.0276. The Morgan fingerprint density at radius 1 is 1.09 bits per heavy atom. The minimum Gasteiger partial charge on any atom is -0.348 e. The standard InChI is InChI=1S/C21H14Cl2F6N6/c22-12-2-4-17(16(23)8-12)35-19(34-10-30)33-9-14(18-31-5-6-32-18)13-3-1-11(20(24,25)26)7-15(13)21(27,28)29/h1-8,14H,9H2,(H,31,32)(H2,33,34,35). The van der Waals surface area contributed by atoms with Gasteiger partial charge in [-0.3, -0.25) is 10.3 Å². The van der Waals surface area contributed by atoms with Gasteiger partial charge in [-0.15, -0.1) is 0 Å². The number of hydrogen-bond acceptors (Lipinski definition) is 3. The van der Waals surface area contributed by atoms with Gasteiger partial charge in [-0.1, -0.05) is 29.3 Å². The number of aromatic nitrogens is 2. The second-order valence-electron chi connectivity index (χ2n) is 7.00. The summed E-state index contributed by atoms with van der Waals surface area (Å²) in [7, 11) is 0. The maximum absolute atomic E-state index is 13.8. The highest BCUT2D eigenvalue weighted by molar-refractivity contribution is 6.36. The van der Waals surface area contributed by atoms with Gasteiger partial charge in [0.25, 0.3) is 0 Å². The van der Waals surface area contributed by atoms with E-state index in [2.05, 4.69) is 25.6 Å². The Balaban J connectivity index is 2.04. The summed E-state index contributed by atoms with van der Waals surface area (Å²) in [4.78, 5) is 10.8. The Hall–Kier alpha value is -3.43. The highest BCUT2D eigenvalue weighted by Crippen LogP contribution is 2.40. The van der Waals surface area contributed by atoms with E-state index in [1.54, 1.807) is 6.19 Å². The summed E-state index contributed by atoms with van der Waals surface area (Å²) in [5, 5.41) is 14.5. The van der Waals surface area contributed by atoms with Crippen molar-refractivity contribution in [3.63, 3.8) is 0 Å². The molecule has 0 spiro atoms. The van der Waals surface area contributed by atoms with Crippen LogP contribution in [0, 0.1) is 11.5 Å². The summed E-state index contributed by atoms with van der Waals surface area (Å²) in [6.45, 7) is -0.426. The number of halogens is 8. The molecule has 14 heteroatoms. The largest absolute Gasteiger partial charge is 0.416 e. The lowest BCUT2D eigenvalue weighted by molar-refractivity contribution is -0.143. The van der Waals surface area contributed by atoms with E-state index in [9.17, 15) is 26.3 Å². The maximum Gasteiger partial charge on any atom is 0.416 e. The van der Waals surface area contributed by atoms with Crippen LogP contribution in [0.2, 0.25) is 10.0 Å². The van der Waals surface area contributed by atoms with Gasteiger partial charge in [0.2, 0.25) is 5.96 Å². The number of H-pyrrole nitrogens is 1. The number of aliphatic imine (C=N–C) groups is 1. The summed E-state index contributed by atoms with van der Waals surface area (Å²) < 4.78 is 80.6. The summed E-state index contributed by atoms with van der Waals surface area (Å²) in [5.74, 6) is -1.38. The topological polar surface area (TPSA) is 88.9 Å². The normalized spacial score (nSPS) is 13.3. The van der Waals surface area contributed by atoms with Crippen LogP contribution in [0.5, 0.6) is 0 Å². The molecule has 6 nitrogen and oxygen atoms in total. The fraction of sp³-hybridized carbons (Fsp3) is 0.190. The monoisotopic (exact) mass is 534 g/mol. The molecular weight excluding hydrogens is 521 g/mol. The van der Waals surface area contributed by atoms with Crippen LogP contribution >= 0.6 is 23.2 Å². The van der Waals surface area contributed by atoms with Crippen LogP contribution in [-0.2, 0) is 12.4 Å². The van der Waals surface area contributed by atoms with Crippen molar-refractivity contribution in [1.82, 2.24) is 15.3 Å². The lowest BCUT2D eigenvalue weighted by atomic mass is 9.91. The lowest BCUT2D eigenvalue weighted by Gasteiger charge is -2.21. The second kappa shape index (κ2) is 10.5. The second-order valence-corrected chi connectivity index (χ2v) is 7.84. The molecule has 3 rings (SSSR count). The third-order valence-electron chi connectivity index (χ3n) is 4.70. The Labute approximate surface area is 204 Å². The smallest absolute Gasteiger partial charge is 0.348 e. The Kier molecular flexibility index (Phi) is 7.82. The molecule has 184 valence electrons. The number of imidazole rings is 1. The van der Waals surface area contributed by atoms with Crippen molar-refractivity contribution in [2.24, 2.45) is 4.99 Å². The summed E-state index contributed by atoms with van der Waals surface area (Å²) in [6.07, 6.45) is -5.79. The van der Waals surface area contributed by atoms with Crippen molar-refractivity contribution in [3.05, 3.63) is 81.4 Å². The number of aromatic amines is 1. The van der Waals surface area contributed by atoms with Gasteiger partial charge in [0.05, 0.1) is 34.3 Å². The zero-order chi connectivity index (χ0) is 25.8. The molecule has 0 fully saturated rings. The molecule has 0 saturated heterocycles. The molecule has 3 aromatic rings. The van der Waals surface area contributed by atoms with Gasteiger partial charge in [-0.25, -0.2) is 4.98 Å². The zero-order valence-electron chi connectivity index (χ0n) is 17.3. The number of anilines is 1. The molecule has 35 heavy (non-hydrogen) atoms. The van der Waals surface area contributed by atoms with Gasteiger partial charge in [0, 0.05) is 17.4 Å². The molecule has 0 amide bonds. The predicted molar refractivity (Wildman–Crippen MR) is 118 cm³/mol. The minimum atomic E-state index is -5.09. The molecule has 0 aliphatic carbocycles. The van der Waals surface area contributed by atoms with Crippen molar-refractivity contribution < 1.29 is 26.3 Å². The van der Waals surface area contributed by atoms with Crippen LogP contribution in [0.15, 0.2) is 53.8 Å². The molecular formula is C21H14Cl2F6N6. The molecule has 2 aromatic carbocycles. The molecule has 1 atom stereocenters. The highest BCUT2D eigenvalue weighted by Gasteiger charge is 2.40. The van der Waals surface area contributed by atoms with E-state index in [-0.39, 0.29) is 28.6 Å². The van der Waals surface area contributed by atoms with E-state index >= 15 is 0 Å². The summed E-state index contributed by atoms with van der Waals surface area (Å²) >= 11 is 11.9. The van der Waals surface area contributed by atoms with Crippen molar-refractivity contribution in [2.75, 3.05) is 11.9 Å². The van der Waals surface area contributed by atoms with Crippen LogP contribution in [0.25, 0.3) is 0 Å². The van der Waals surface area contributed by atoms with E-state index in [4.69, 9.17) is 28.5 Å². The zero-order valence-corrected chi connectivity index (χ0v) is 18.8. The van der Waals surface area contributed by atoms with Crippen LogP contribution in [0.4, 0.5) is 32.0 Å². The molecule has 0 aliphatic heterocycles. The average Bonchev–Trinajstić information content (AvgIpc) is 3.29. The first kappa shape index (κ1) is 26.2. The molecule has 0 aliphatic rings. The van der Waals surface area contributed by atoms with Crippen molar-refractivity contribution in [1.29, 1.82) is 5.26 Å². The lowest BCUT2D eigenvalue weighted by Crippen LogP contribution is -2.28. The first-order valence-corrected chi connectivity index (χ1v) is 10.3. The van der Waals surface area contributed by atoms with E-state index in [1.807, 2.05) is 0 Å². The van der Waals surface area contributed by atoms with E-state index in [1.165, 1.54) is 30.6 Å². The summed E-state index contributed by atoms with van der Waals surface area (Å²) in [6, 6.07) is 5.76. The Morgan fingerprint density at radius 2 is 1.83 bits per heavy atom. The van der Waals surface area contributed by atoms with Gasteiger partial charge in [0.15, 0.2) is 6.19 Å². The van der Waals surface area contributed by atoms with Gasteiger partial charge in [-0.2, -0.15) is 31.6 Å². The van der Waals surface area contributed by atoms with E-state index in [0.717, 1.165) is 6.07 Å². The number of benzene rings is 2. The van der Waals surface area contributed by atoms with Crippen LogP contribution in [0.1, 0.15) is 28.4 Å². The first-order chi connectivity index (χ1) is 16.4. The predicted octanol–water partition coefficient (Wildman–Crippen LogP) is 6.42. The Morgan fingerprint density at radius 3 is 2.40 bits per heavy atom. The molecule has 3 N–H and O–H groups in total. The average molecular weight is 535 g/mol. The van der Waals surface area contributed by atoms with Gasteiger partial charge < -0.3 is 10.3 Å². The number of guanidine groups is 1. The van der Waals surface area contributed by atoms with Gasteiger partial charge in [0.1, 0.15) is 5.82 Å². The molecule has 0 radical (unpaired) electrons. The fourth-order valence-electron chi connectivity index (χ4n) is 3.15. The molecule has 0 bridgehead atoms. The van der Waals surface area contributed by atoms with Crippen molar-refractivity contribution in [3.8, 4) is 6.19 Å². The number of nitriles is 1. The SMILES string of the molecule is N#CNC(=NCC(c1ncc[nH]1)c1ccc(C(F)(F)F)cc1C(F)(F)F)Nc1ccc(Cl)cc1Cl. The first-order valence-electron chi connectivity index (χ1n) is 9.59. The molecule has 1 unspecified atom stereocenters. The number of hydrogen-bond donors (Lipinski definition) is 3. The van der Waals surface area contributed by atoms with E-state index < -0.39 is 41.5 Å².